The Bertz CT molecular complexity index is 1290. The lowest BCUT2D eigenvalue weighted by Crippen LogP contribution is -2.14. The quantitative estimate of drug-likeness (QED) is 0.369. The van der Waals surface area contributed by atoms with E-state index < -0.39 is 0 Å². The van der Waals surface area contributed by atoms with E-state index in [0.717, 1.165) is 27.6 Å². The lowest BCUT2D eigenvalue weighted by Gasteiger charge is -2.06. The van der Waals surface area contributed by atoms with Gasteiger partial charge in [-0.3, -0.25) is 4.79 Å². The average molecular weight is 460 g/mol. The number of hydrogen-bond donors (Lipinski definition) is 2. The fourth-order valence-corrected chi connectivity index (χ4v) is 4.28. The van der Waals surface area contributed by atoms with E-state index in [1.165, 1.54) is 11.8 Å². The van der Waals surface area contributed by atoms with Crippen LogP contribution in [-0.4, -0.2) is 35.5 Å². The Morgan fingerprint density at radius 3 is 2.70 bits per heavy atom. The molecule has 7 nitrogen and oxygen atoms in total. The molecular formula is C25H21N3O4S. The van der Waals surface area contributed by atoms with Crippen molar-refractivity contribution < 1.29 is 19.0 Å². The maximum absolute atomic E-state index is 12.6. The molecule has 2 N–H and O–H groups in total. The molecule has 0 fully saturated rings. The van der Waals surface area contributed by atoms with Crippen LogP contribution in [0.2, 0.25) is 0 Å². The Morgan fingerprint density at radius 1 is 1.03 bits per heavy atom. The van der Waals surface area contributed by atoms with Crippen molar-refractivity contribution in [3.8, 4) is 39.9 Å². The minimum atomic E-state index is -0.135. The molecular weight excluding hydrogens is 438 g/mol. The number of ether oxygens (including phenoxy) is 3. The van der Waals surface area contributed by atoms with Gasteiger partial charge in [0.15, 0.2) is 11.5 Å². The Kier molecular flexibility index (Phi) is 5.91. The average Bonchev–Trinajstić information content (AvgIpc) is 3.50. The second-order valence-corrected chi connectivity index (χ2v) is 8.23. The predicted molar refractivity (Wildman–Crippen MR) is 128 cm³/mol. The van der Waals surface area contributed by atoms with E-state index >= 15 is 0 Å². The van der Waals surface area contributed by atoms with Gasteiger partial charge in [-0.1, -0.05) is 54.2 Å². The largest absolute Gasteiger partial charge is 0.497 e. The molecule has 0 saturated heterocycles. The molecule has 33 heavy (non-hydrogen) atoms. The SMILES string of the molecule is COc1cccc(-c2nc(SCC(=O)Nc3ccc4c(c3)OCO4)c(-c3ccccc3)[nH]2)c1. The Hall–Kier alpha value is -3.91. The van der Waals surface area contributed by atoms with Crippen LogP contribution in [-0.2, 0) is 4.79 Å². The van der Waals surface area contributed by atoms with Gasteiger partial charge in [0.25, 0.3) is 0 Å². The molecule has 0 saturated carbocycles. The smallest absolute Gasteiger partial charge is 0.234 e. The summed E-state index contributed by atoms with van der Waals surface area (Å²) >= 11 is 1.38. The zero-order valence-electron chi connectivity index (χ0n) is 17.8. The second kappa shape index (κ2) is 9.30. The van der Waals surface area contributed by atoms with E-state index in [2.05, 4.69) is 10.3 Å². The highest BCUT2D eigenvalue weighted by Gasteiger charge is 2.17. The second-order valence-electron chi connectivity index (χ2n) is 7.27. The predicted octanol–water partition coefficient (Wildman–Crippen LogP) is 5.21. The third-order valence-corrected chi connectivity index (χ3v) is 6.05. The minimum absolute atomic E-state index is 0.135. The number of rotatable bonds is 7. The van der Waals surface area contributed by atoms with Crippen molar-refractivity contribution in [1.29, 1.82) is 0 Å². The molecule has 166 valence electrons. The summed E-state index contributed by atoms with van der Waals surface area (Å²) in [5.74, 6) is 2.84. The molecule has 0 bridgehead atoms. The van der Waals surface area contributed by atoms with Crippen LogP contribution in [0.4, 0.5) is 5.69 Å². The standard InChI is InChI=1S/C25H21N3O4S/c1-30-19-9-5-8-17(12-19)24-27-23(16-6-3-2-4-7-16)25(28-24)33-14-22(29)26-18-10-11-20-21(13-18)32-15-31-20/h2-13H,14-15H2,1H3,(H,26,29)(H,27,28). The van der Waals surface area contributed by atoms with Crippen LogP contribution in [0, 0.1) is 0 Å². The van der Waals surface area contributed by atoms with Gasteiger partial charge in [0.2, 0.25) is 12.7 Å². The molecule has 0 aliphatic carbocycles. The number of fused-ring (bicyclic) bond motifs is 1. The summed E-state index contributed by atoms with van der Waals surface area (Å²) in [6.45, 7) is 0.194. The number of aromatic amines is 1. The van der Waals surface area contributed by atoms with Crippen LogP contribution in [0.15, 0.2) is 77.8 Å². The maximum Gasteiger partial charge on any atom is 0.234 e. The number of nitrogens with one attached hydrogen (secondary N) is 2. The lowest BCUT2D eigenvalue weighted by molar-refractivity contribution is -0.113. The van der Waals surface area contributed by atoms with Gasteiger partial charge in [-0.05, 0) is 24.3 Å². The molecule has 8 heteroatoms. The van der Waals surface area contributed by atoms with Crippen LogP contribution in [0.3, 0.4) is 0 Å². The molecule has 5 rings (SSSR count). The number of thioether (sulfide) groups is 1. The normalized spacial score (nSPS) is 11.9. The van der Waals surface area contributed by atoms with E-state index in [0.29, 0.717) is 23.0 Å². The van der Waals surface area contributed by atoms with Crippen molar-refractivity contribution in [2.75, 3.05) is 25.0 Å². The van der Waals surface area contributed by atoms with Crippen molar-refractivity contribution in [2.24, 2.45) is 0 Å². The summed E-state index contributed by atoms with van der Waals surface area (Å²) in [5, 5.41) is 3.65. The summed E-state index contributed by atoms with van der Waals surface area (Å²) in [7, 11) is 1.64. The van der Waals surface area contributed by atoms with E-state index in [9.17, 15) is 4.79 Å². The molecule has 0 atom stereocenters. The molecule has 4 aromatic rings. The highest BCUT2D eigenvalue weighted by atomic mass is 32.2. The van der Waals surface area contributed by atoms with Crippen molar-refractivity contribution >= 4 is 23.4 Å². The number of hydrogen-bond acceptors (Lipinski definition) is 6. The highest BCUT2D eigenvalue weighted by Crippen LogP contribution is 2.35. The van der Waals surface area contributed by atoms with Crippen LogP contribution < -0.4 is 19.5 Å². The van der Waals surface area contributed by atoms with Crippen LogP contribution in [0.25, 0.3) is 22.6 Å². The molecule has 1 aromatic heterocycles. The maximum atomic E-state index is 12.6. The number of imidazole rings is 1. The zero-order valence-corrected chi connectivity index (χ0v) is 18.6. The summed E-state index contributed by atoms with van der Waals surface area (Å²) < 4.78 is 16.0. The van der Waals surface area contributed by atoms with Gasteiger partial charge in [-0.2, -0.15) is 0 Å². The van der Waals surface area contributed by atoms with Gasteiger partial charge < -0.3 is 24.5 Å². The highest BCUT2D eigenvalue weighted by molar-refractivity contribution is 8.00. The van der Waals surface area contributed by atoms with Gasteiger partial charge in [0, 0.05) is 22.9 Å². The summed E-state index contributed by atoms with van der Waals surface area (Å²) in [6, 6.07) is 23.0. The molecule has 0 unspecified atom stereocenters. The number of nitrogens with zero attached hydrogens (tertiary/aromatic N) is 1. The van der Waals surface area contributed by atoms with Crippen molar-refractivity contribution in [3.05, 3.63) is 72.8 Å². The molecule has 1 aliphatic heterocycles. The monoisotopic (exact) mass is 459 g/mol. The number of carbonyl (C=O) groups is 1. The van der Waals surface area contributed by atoms with Gasteiger partial charge in [0.1, 0.15) is 16.6 Å². The first kappa shape index (κ1) is 21.0. The Balaban J connectivity index is 1.36. The number of H-pyrrole nitrogens is 1. The first-order valence-corrected chi connectivity index (χ1v) is 11.3. The fraction of sp³-hybridized carbons (Fsp3) is 0.120. The summed E-state index contributed by atoms with van der Waals surface area (Å²) in [6.07, 6.45) is 0. The Morgan fingerprint density at radius 2 is 1.85 bits per heavy atom. The van der Waals surface area contributed by atoms with E-state index in [1.807, 2.05) is 54.6 Å². The van der Waals surface area contributed by atoms with Gasteiger partial charge in [0.05, 0.1) is 18.6 Å². The summed E-state index contributed by atoms with van der Waals surface area (Å²) in [4.78, 5) is 20.8. The van der Waals surface area contributed by atoms with Gasteiger partial charge in [-0.25, -0.2) is 4.98 Å². The number of methoxy groups -OCH3 is 1. The number of aromatic nitrogens is 2. The van der Waals surface area contributed by atoms with Crippen LogP contribution in [0.1, 0.15) is 0 Å². The van der Waals surface area contributed by atoms with Crippen LogP contribution in [0.5, 0.6) is 17.2 Å². The van der Waals surface area contributed by atoms with Gasteiger partial charge >= 0.3 is 0 Å². The van der Waals surface area contributed by atoms with Crippen molar-refractivity contribution in [2.45, 2.75) is 5.03 Å². The van der Waals surface area contributed by atoms with Crippen molar-refractivity contribution in [1.82, 2.24) is 9.97 Å². The molecule has 0 radical (unpaired) electrons. The number of anilines is 1. The third-order valence-electron chi connectivity index (χ3n) is 5.07. The van der Waals surface area contributed by atoms with Crippen molar-refractivity contribution in [3.63, 3.8) is 0 Å². The van der Waals surface area contributed by atoms with E-state index in [4.69, 9.17) is 19.2 Å². The minimum Gasteiger partial charge on any atom is -0.497 e. The number of amides is 1. The molecule has 1 aliphatic rings. The fourth-order valence-electron chi connectivity index (χ4n) is 3.47. The molecule has 1 amide bonds. The molecule has 2 heterocycles. The van der Waals surface area contributed by atoms with Gasteiger partial charge in [-0.15, -0.1) is 0 Å². The van der Waals surface area contributed by atoms with Crippen LogP contribution >= 0.6 is 11.8 Å². The molecule has 0 spiro atoms. The summed E-state index contributed by atoms with van der Waals surface area (Å²) in [5.41, 5.74) is 3.43. The topological polar surface area (TPSA) is 85.5 Å². The first-order chi connectivity index (χ1) is 16.2. The number of carbonyl (C=O) groups excluding carboxylic acids is 1. The van der Waals surface area contributed by atoms with E-state index in [1.54, 1.807) is 25.3 Å². The first-order valence-electron chi connectivity index (χ1n) is 10.3. The lowest BCUT2D eigenvalue weighted by atomic mass is 10.2. The Labute approximate surface area is 195 Å². The molecule has 3 aromatic carbocycles. The third kappa shape index (κ3) is 4.65. The number of benzene rings is 3. The van der Waals surface area contributed by atoms with E-state index in [-0.39, 0.29) is 18.5 Å². The zero-order chi connectivity index (χ0) is 22.6.